The predicted octanol–water partition coefficient (Wildman–Crippen LogP) is 3.54. The standard InChI is InChI=1S/C18H23N3O2S/c1-11(2)9-23-14-7-5-6-13(8-14)17-16-12(3)20-21(4)18(16)19-15(22)10-24-17/h5-8,11,17H,9-10H2,1-4H3,(H,19,22)/t17-/m0/s1. The van der Waals surface area contributed by atoms with E-state index >= 15 is 0 Å². The first-order valence-corrected chi connectivity index (χ1v) is 9.18. The number of amides is 1. The predicted molar refractivity (Wildman–Crippen MR) is 97.7 cm³/mol. The highest BCUT2D eigenvalue weighted by Crippen LogP contribution is 2.43. The fourth-order valence-electron chi connectivity index (χ4n) is 2.84. The summed E-state index contributed by atoms with van der Waals surface area (Å²) in [6.45, 7) is 6.95. The van der Waals surface area contributed by atoms with Crippen LogP contribution in [0.15, 0.2) is 24.3 Å². The van der Waals surface area contributed by atoms with Crippen molar-refractivity contribution in [1.82, 2.24) is 9.78 Å². The van der Waals surface area contributed by atoms with Crippen LogP contribution in [0.1, 0.15) is 35.9 Å². The average Bonchev–Trinajstić information content (AvgIpc) is 2.72. The molecule has 1 atom stereocenters. The third-order valence-electron chi connectivity index (χ3n) is 3.91. The molecule has 0 saturated carbocycles. The van der Waals surface area contributed by atoms with E-state index in [1.165, 1.54) is 0 Å². The third kappa shape index (κ3) is 3.43. The van der Waals surface area contributed by atoms with Crippen molar-refractivity contribution in [1.29, 1.82) is 0 Å². The molecule has 0 saturated heterocycles. The number of ether oxygens (including phenoxy) is 1. The lowest BCUT2D eigenvalue weighted by molar-refractivity contribution is -0.113. The lowest BCUT2D eigenvalue weighted by Gasteiger charge is -2.17. The fraction of sp³-hybridized carbons (Fsp3) is 0.444. The van der Waals surface area contributed by atoms with Gasteiger partial charge in [0.2, 0.25) is 5.91 Å². The second-order valence-electron chi connectivity index (χ2n) is 6.49. The lowest BCUT2D eigenvalue weighted by Crippen LogP contribution is -2.15. The van der Waals surface area contributed by atoms with Gasteiger partial charge >= 0.3 is 0 Å². The molecule has 1 aromatic heterocycles. The van der Waals surface area contributed by atoms with Crippen LogP contribution in [-0.4, -0.2) is 28.0 Å². The van der Waals surface area contributed by atoms with Gasteiger partial charge in [0.05, 0.1) is 23.3 Å². The number of hydrogen-bond acceptors (Lipinski definition) is 4. The van der Waals surface area contributed by atoms with Crippen LogP contribution < -0.4 is 10.1 Å². The summed E-state index contributed by atoms with van der Waals surface area (Å²) in [5.41, 5.74) is 3.16. The molecule has 1 aliphatic rings. The second-order valence-corrected chi connectivity index (χ2v) is 7.58. The summed E-state index contributed by atoms with van der Waals surface area (Å²) in [5, 5.41) is 7.52. The van der Waals surface area contributed by atoms with Crippen LogP contribution in [0.2, 0.25) is 0 Å². The molecule has 0 spiro atoms. The molecule has 0 radical (unpaired) electrons. The van der Waals surface area contributed by atoms with Gasteiger partial charge in [-0.15, -0.1) is 11.8 Å². The van der Waals surface area contributed by atoms with Gasteiger partial charge < -0.3 is 10.1 Å². The summed E-state index contributed by atoms with van der Waals surface area (Å²) in [6.07, 6.45) is 0. The number of thioether (sulfide) groups is 1. The van der Waals surface area contributed by atoms with Crippen LogP contribution in [0.5, 0.6) is 5.75 Å². The van der Waals surface area contributed by atoms with E-state index in [4.69, 9.17) is 4.74 Å². The van der Waals surface area contributed by atoms with Gasteiger partial charge in [-0.3, -0.25) is 9.48 Å². The van der Waals surface area contributed by atoms with E-state index in [2.05, 4.69) is 36.4 Å². The van der Waals surface area contributed by atoms with Crippen LogP contribution in [0.3, 0.4) is 0 Å². The highest BCUT2D eigenvalue weighted by molar-refractivity contribution is 8.00. The number of aryl methyl sites for hydroxylation is 2. The summed E-state index contributed by atoms with van der Waals surface area (Å²) in [6, 6.07) is 8.16. The minimum absolute atomic E-state index is 0.0129. The van der Waals surface area contributed by atoms with Crippen molar-refractivity contribution in [3.8, 4) is 5.75 Å². The SMILES string of the molecule is Cc1nn(C)c2c1[C@H](c1cccc(OCC(C)C)c1)SCC(=O)N2. The van der Waals surface area contributed by atoms with E-state index in [0.717, 1.165) is 28.4 Å². The molecule has 1 aliphatic heterocycles. The summed E-state index contributed by atoms with van der Waals surface area (Å²) in [4.78, 5) is 12.0. The lowest BCUT2D eigenvalue weighted by atomic mass is 10.0. The molecule has 1 N–H and O–H groups in total. The van der Waals surface area contributed by atoms with Crippen LogP contribution in [0, 0.1) is 12.8 Å². The summed E-state index contributed by atoms with van der Waals surface area (Å²) in [7, 11) is 1.86. The molecule has 0 aliphatic carbocycles. The number of nitrogens with one attached hydrogen (secondary N) is 1. The van der Waals surface area contributed by atoms with Crippen LogP contribution in [-0.2, 0) is 11.8 Å². The molecule has 1 amide bonds. The number of carbonyl (C=O) groups excluding carboxylic acids is 1. The minimum Gasteiger partial charge on any atom is -0.493 e. The number of fused-ring (bicyclic) bond motifs is 1. The maximum atomic E-state index is 12.0. The van der Waals surface area contributed by atoms with Crippen LogP contribution in [0.25, 0.3) is 0 Å². The molecule has 0 bridgehead atoms. The Labute approximate surface area is 146 Å². The van der Waals surface area contributed by atoms with Crippen molar-refractivity contribution in [3.63, 3.8) is 0 Å². The number of anilines is 1. The molecule has 2 heterocycles. The van der Waals surface area contributed by atoms with Gasteiger partial charge in [-0.1, -0.05) is 26.0 Å². The Balaban J connectivity index is 1.97. The van der Waals surface area contributed by atoms with Crippen molar-refractivity contribution in [2.24, 2.45) is 13.0 Å². The molecule has 1 aromatic carbocycles. The Morgan fingerprint density at radius 2 is 2.25 bits per heavy atom. The Hall–Kier alpha value is -1.95. The van der Waals surface area contributed by atoms with Gasteiger partial charge in [-0.2, -0.15) is 5.10 Å². The van der Waals surface area contributed by atoms with Gasteiger partial charge in [0.15, 0.2) is 0 Å². The first kappa shape index (κ1) is 16.9. The van der Waals surface area contributed by atoms with E-state index < -0.39 is 0 Å². The first-order valence-electron chi connectivity index (χ1n) is 8.13. The first-order chi connectivity index (χ1) is 11.5. The summed E-state index contributed by atoms with van der Waals surface area (Å²) in [5.74, 6) is 2.58. The molecule has 128 valence electrons. The Morgan fingerprint density at radius 1 is 1.46 bits per heavy atom. The smallest absolute Gasteiger partial charge is 0.235 e. The zero-order valence-electron chi connectivity index (χ0n) is 14.5. The maximum absolute atomic E-state index is 12.0. The Morgan fingerprint density at radius 3 is 3.00 bits per heavy atom. The molecular formula is C18H23N3O2S. The number of nitrogens with zero attached hydrogens (tertiary/aromatic N) is 2. The van der Waals surface area contributed by atoms with Crippen molar-refractivity contribution >= 4 is 23.5 Å². The van der Waals surface area contributed by atoms with E-state index in [1.54, 1.807) is 16.4 Å². The van der Waals surface area contributed by atoms with E-state index in [-0.39, 0.29) is 11.2 Å². The number of hydrogen-bond donors (Lipinski definition) is 1. The Bertz CT molecular complexity index is 755. The normalized spacial score (nSPS) is 17.4. The molecule has 3 rings (SSSR count). The van der Waals surface area contributed by atoms with Crippen molar-refractivity contribution in [3.05, 3.63) is 41.1 Å². The zero-order chi connectivity index (χ0) is 17.3. The van der Waals surface area contributed by atoms with Crippen LogP contribution in [0.4, 0.5) is 5.82 Å². The molecule has 0 unspecified atom stereocenters. The molecule has 2 aromatic rings. The van der Waals surface area contributed by atoms with E-state index in [0.29, 0.717) is 18.3 Å². The highest BCUT2D eigenvalue weighted by atomic mass is 32.2. The molecule has 5 nitrogen and oxygen atoms in total. The molecular weight excluding hydrogens is 322 g/mol. The maximum Gasteiger partial charge on any atom is 0.235 e. The number of aromatic nitrogens is 2. The van der Waals surface area contributed by atoms with Gasteiger partial charge in [0.1, 0.15) is 11.6 Å². The fourth-order valence-corrected chi connectivity index (χ4v) is 4.02. The van der Waals surface area contributed by atoms with Gasteiger partial charge in [0.25, 0.3) is 0 Å². The van der Waals surface area contributed by atoms with Crippen molar-refractivity contribution in [2.75, 3.05) is 17.7 Å². The zero-order valence-corrected chi connectivity index (χ0v) is 15.3. The van der Waals surface area contributed by atoms with E-state index in [1.807, 2.05) is 26.1 Å². The summed E-state index contributed by atoms with van der Waals surface area (Å²) >= 11 is 1.63. The topological polar surface area (TPSA) is 56.2 Å². The summed E-state index contributed by atoms with van der Waals surface area (Å²) < 4.78 is 7.61. The largest absolute Gasteiger partial charge is 0.493 e. The monoisotopic (exact) mass is 345 g/mol. The van der Waals surface area contributed by atoms with Gasteiger partial charge in [-0.25, -0.2) is 0 Å². The third-order valence-corrected chi connectivity index (χ3v) is 5.18. The van der Waals surface area contributed by atoms with Crippen molar-refractivity contribution in [2.45, 2.75) is 26.0 Å². The van der Waals surface area contributed by atoms with E-state index in [9.17, 15) is 4.79 Å². The van der Waals surface area contributed by atoms with Gasteiger partial charge in [-0.05, 0) is 30.5 Å². The molecule has 0 fully saturated rings. The average molecular weight is 345 g/mol. The van der Waals surface area contributed by atoms with Crippen molar-refractivity contribution < 1.29 is 9.53 Å². The number of benzene rings is 1. The highest BCUT2D eigenvalue weighted by Gasteiger charge is 2.29. The van der Waals surface area contributed by atoms with Gasteiger partial charge in [0, 0.05) is 12.6 Å². The quantitative estimate of drug-likeness (QED) is 0.921. The second kappa shape index (κ2) is 6.89. The number of rotatable bonds is 4. The molecule has 6 heteroatoms. The van der Waals surface area contributed by atoms with Crippen LogP contribution >= 0.6 is 11.8 Å². The minimum atomic E-state index is 0.0129. The molecule has 24 heavy (non-hydrogen) atoms. The Kier molecular flexibility index (Phi) is 4.85. The number of carbonyl (C=O) groups is 1.